The molecule has 0 aliphatic carbocycles. The summed E-state index contributed by atoms with van der Waals surface area (Å²) >= 11 is 0. The van der Waals surface area contributed by atoms with Gasteiger partial charge in [0.15, 0.2) is 0 Å². The summed E-state index contributed by atoms with van der Waals surface area (Å²) in [6.07, 6.45) is 4.70. The van der Waals surface area contributed by atoms with Gasteiger partial charge in [-0.25, -0.2) is 0 Å². The Morgan fingerprint density at radius 1 is 0.643 bits per heavy atom. The zero-order valence-corrected chi connectivity index (χ0v) is 9.98. The summed E-state index contributed by atoms with van der Waals surface area (Å²) in [4.78, 5) is 0. The zero-order chi connectivity index (χ0) is 10.6. The Kier molecular flexibility index (Phi) is 4.19. The number of hydrogen-bond donors (Lipinski definition) is 0. The normalized spacial score (nSPS) is 10.6. The molecule has 0 fully saturated rings. The maximum Gasteiger partial charge on any atom is -0.0302 e. The predicted octanol–water partition coefficient (Wildman–Crippen LogP) is 3.94. The van der Waals surface area contributed by atoms with Gasteiger partial charge in [-0.2, -0.15) is 0 Å². The summed E-state index contributed by atoms with van der Waals surface area (Å²) in [5.41, 5.74) is 6.30. The van der Waals surface area contributed by atoms with Crippen molar-refractivity contribution in [3.8, 4) is 0 Å². The first-order chi connectivity index (χ1) is 6.78. The van der Waals surface area contributed by atoms with Crippen molar-refractivity contribution in [2.75, 3.05) is 0 Å². The highest BCUT2D eigenvalue weighted by Crippen LogP contribution is 2.21. The Morgan fingerprint density at radius 3 is 1.21 bits per heavy atom. The highest BCUT2D eigenvalue weighted by Gasteiger charge is 2.07. The van der Waals surface area contributed by atoms with Crippen LogP contribution in [0.15, 0.2) is 12.1 Å². The molecule has 0 radical (unpaired) electrons. The van der Waals surface area contributed by atoms with E-state index in [-0.39, 0.29) is 0 Å². The summed E-state index contributed by atoms with van der Waals surface area (Å²) in [6, 6.07) is 4.63. The molecule has 1 aromatic rings. The lowest BCUT2D eigenvalue weighted by Crippen LogP contribution is -2.01. The van der Waals surface area contributed by atoms with E-state index in [0.29, 0.717) is 0 Å². The second-order valence-corrected chi connectivity index (χ2v) is 3.76. The summed E-state index contributed by atoms with van der Waals surface area (Å²) < 4.78 is 0. The predicted molar refractivity (Wildman–Crippen MR) is 64.0 cm³/mol. The molecular weight excluding hydrogens is 168 g/mol. The van der Waals surface area contributed by atoms with Crippen LogP contribution in [0.3, 0.4) is 0 Å². The summed E-state index contributed by atoms with van der Waals surface area (Å²) in [5.74, 6) is 0. The highest BCUT2D eigenvalue weighted by molar-refractivity contribution is 5.41. The van der Waals surface area contributed by atoms with Gasteiger partial charge in [0.2, 0.25) is 0 Å². The zero-order valence-electron chi connectivity index (χ0n) is 9.98. The molecule has 0 unspecified atom stereocenters. The van der Waals surface area contributed by atoms with E-state index in [0.717, 1.165) is 0 Å². The van der Waals surface area contributed by atoms with Crippen LogP contribution in [0.4, 0.5) is 0 Å². The van der Waals surface area contributed by atoms with Gasteiger partial charge in [-0.3, -0.25) is 0 Å². The molecule has 0 bridgehead atoms. The molecule has 0 saturated heterocycles. The first kappa shape index (κ1) is 11.3. The first-order valence-electron chi connectivity index (χ1n) is 5.90. The van der Waals surface area contributed by atoms with Gasteiger partial charge in [-0.1, -0.05) is 39.8 Å². The SMILES string of the molecule is CCc1ccc(CC)c(CC)c1CC. The van der Waals surface area contributed by atoms with Crippen LogP contribution in [0.2, 0.25) is 0 Å². The fraction of sp³-hybridized carbons (Fsp3) is 0.571. The quantitative estimate of drug-likeness (QED) is 0.674. The van der Waals surface area contributed by atoms with Crippen LogP contribution in [0.1, 0.15) is 49.9 Å². The van der Waals surface area contributed by atoms with E-state index >= 15 is 0 Å². The molecule has 78 valence electrons. The van der Waals surface area contributed by atoms with Gasteiger partial charge >= 0.3 is 0 Å². The van der Waals surface area contributed by atoms with Crippen molar-refractivity contribution in [1.82, 2.24) is 0 Å². The second kappa shape index (κ2) is 5.19. The molecular formula is C14H22. The summed E-state index contributed by atoms with van der Waals surface area (Å²) in [7, 11) is 0. The minimum atomic E-state index is 1.17. The minimum absolute atomic E-state index is 1.17. The molecule has 0 amide bonds. The average Bonchev–Trinajstić information content (AvgIpc) is 2.26. The van der Waals surface area contributed by atoms with E-state index in [1.807, 2.05) is 0 Å². The Hall–Kier alpha value is -0.780. The molecule has 0 spiro atoms. The number of aryl methyl sites for hydroxylation is 2. The van der Waals surface area contributed by atoms with Crippen LogP contribution >= 0.6 is 0 Å². The lowest BCUT2D eigenvalue weighted by Gasteiger charge is -2.15. The first-order valence-corrected chi connectivity index (χ1v) is 5.90. The lowest BCUT2D eigenvalue weighted by molar-refractivity contribution is 0.945. The van der Waals surface area contributed by atoms with Crippen LogP contribution < -0.4 is 0 Å². The lowest BCUT2D eigenvalue weighted by atomic mass is 9.90. The molecule has 0 heteroatoms. The van der Waals surface area contributed by atoms with E-state index in [9.17, 15) is 0 Å². The van der Waals surface area contributed by atoms with Crippen LogP contribution in [0, 0.1) is 0 Å². The molecule has 0 nitrogen and oxygen atoms in total. The minimum Gasteiger partial charge on any atom is -0.0613 e. The monoisotopic (exact) mass is 190 g/mol. The Morgan fingerprint density at radius 2 is 1.00 bits per heavy atom. The Bertz CT molecular complexity index is 266. The molecule has 0 atom stereocenters. The van der Waals surface area contributed by atoms with Crippen molar-refractivity contribution in [3.63, 3.8) is 0 Å². The van der Waals surface area contributed by atoms with Crippen molar-refractivity contribution < 1.29 is 0 Å². The summed E-state index contributed by atoms with van der Waals surface area (Å²) in [6.45, 7) is 9.04. The number of benzene rings is 1. The smallest absolute Gasteiger partial charge is 0.0302 e. The van der Waals surface area contributed by atoms with Gasteiger partial charge in [0.1, 0.15) is 0 Å². The van der Waals surface area contributed by atoms with Gasteiger partial charge in [-0.05, 0) is 47.9 Å². The third-order valence-electron chi connectivity index (χ3n) is 3.09. The second-order valence-electron chi connectivity index (χ2n) is 3.76. The van der Waals surface area contributed by atoms with Crippen molar-refractivity contribution >= 4 is 0 Å². The van der Waals surface area contributed by atoms with E-state index in [1.54, 1.807) is 22.3 Å². The largest absolute Gasteiger partial charge is 0.0613 e. The molecule has 0 N–H and O–H groups in total. The van der Waals surface area contributed by atoms with Crippen LogP contribution in [-0.2, 0) is 25.7 Å². The number of hydrogen-bond acceptors (Lipinski definition) is 0. The van der Waals surface area contributed by atoms with Crippen molar-refractivity contribution in [1.29, 1.82) is 0 Å². The van der Waals surface area contributed by atoms with Crippen molar-refractivity contribution in [2.45, 2.75) is 53.4 Å². The molecule has 14 heavy (non-hydrogen) atoms. The van der Waals surface area contributed by atoms with Gasteiger partial charge in [0.25, 0.3) is 0 Å². The molecule has 1 aromatic carbocycles. The molecule has 0 aromatic heterocycles. The molecule has 1 rings (SSSR count). The average molecular weight is 190 g/mol. The van der Waals surface area contributed by atoms with E-state index in [4.69, 9.17) is 0 Å². The third-order valence-corrected chi connectivity index (χ3v) is 3.09. The van der Waals surface area contributed by atoms with E-state index in [1.165, 1.54) is 25.7 Å². The van der Waals surface area contributed by atoms with Crippen LogP contribution in [0.25, 0.3) is 0 Å². The standard InChI is InChI=1S/C14H22/c1-5-11-9-10-12(6-2)14(8-4)13(11)7-3/h9-10H,5-8H2,1-4H3. The molecule has 0 heterocycles. The van der Waals surface area contributed by atoms with Crippen molar-refractivity contribution in [2.24, 2.45) is 0 Å². The highest BCUT2D eigenvalue weighted by atomic mass is 14.1. The topological polar surface area (TPSA) is 0 Å². The Balaban J connectivity index is 3.28. The maximum absolute atomic E-state index is 2.32. The summed E-state index contributed by atoms with van der Waals surface area (Å²) in [5, 5.41) is 0. The number of rotatable bonds is 4. The van der Waals surface area contributed by atoms with Gasteiger partial charge in [-0.15, -0.1) is 0 Å². The van der Waals surface area contributed by atoms with Gasteiger partial charge in [0, 0.05) is 0 Å². The molecule has 0 aliphatic rings. The fourth-order valence-electron chi connectivity index (χ4n) is 2.33. The van der Waals surface area contributed by atoms with Crippen molar-refractivity contribution in [3.05, 3.63) is 34.4 Å². The Labute approximate surface area is 88.4 Å². The third kappa shape index (κ3) is 2.00. The maximum atomic E-state index is 2.32. The fourth-order valence-corrected chi connectivity index (χ4v) is 2.33. The van der Waals surface area contributed by atoms with E-state index < -0.39 is 0 Å². The van der Waals surface area contributed by atoms with E-state index in [2.05, 4.69) is 39.8 Å². The van der Waals surface area contributed by atoms with Gasteiger partial charge in [0.05, 0.1) is 0 Å². The molecule has 0 aliphatic heterocycles. The van der Waals surface area contributed by atoms with Crippen LogP contribution in [0.5, 0.6) is 0 Å². The molecule has 0 saturated carbocycles. The van der Waals surface area contributed by atoms with Gasteiger partial charge < -0.3 is 0 Å². The van der Waals surface area contributed by atoms with Crippen LogP contribution in [-0.4, -0.2) is 0 Å².